The summed E-state index contributed by atoms with van der Waals surface area (Å²) in [6.07, 6.45) is 1.36. The minimum Gasteiger partial charge on any atom is -0.508 e. The highest BCUT2D eigenvalue weighted by Gasteiger charge is 2.41. The van der Waals surface area contributed by atoms with Gasteiger partial charge in [-0.15, -0.1) is 0 Å². The number of primary amides is 1. The molecule has 1 aliphatic heterocycles. The number of nitrogens with two attached hydrogens (primary N) is 3. The number of carboxylic acid groups (broad SMARTS) is 2. The number of aromatic nitrogens is 2. The first-order valence-electron chi connectivity index (χ1n) is 31.0. The topological polar surface area (TPSA) is 559 Å². The number of nitrogens with zero attached hydrogens (tertiary/aromatic N) is 2. The molecule has 1 aliphatic rings. The summed E-state index contributed by atoms with van der Waals surface area (Å²) in [4.78, 5) is 208. The Bertz CT molecular complexity index is 3310. The third kappa shape index (κ3) is 27.6. The summed E-state index contributed by atoms with van der Waals surface area (Å²) >= 11 is 16.5. The molecule has 99 heavy (non-hydrogen) atoms. The molecule has 1 fully saturated rings. The molecular weight excluding hydrogens is 1380 g/mol. The molecule has 1 aromatic heterocycles. The number of thiol groups is 4. The van der Waals surface area contributed by atoms with Gasteiger partial charge in [0.15, 0.2) is 0 Å². The number of hydrogen-bond acceptors (Lipinski definition) is 23. The number of carboxylic acids is 2. The summed E-state index contributed by atoms with van der Waals surface area (Å²) in [7, 11) is 0. The first kappa shape index (κ1) is 82.2. The molecule has 35 nitrogen and oxygen atoms in total. The van der Waals surface area contributed by atoms with Crippen molar-refractivity contribution in [2.45, 2.75) is 144 Å². The number of benzene rings is 2. The van der Waals surface area contributed by atoms with Gasteiger partial charge in [-0.25, -0.2) is 9.78 Å². The standard InChI is InChI=1S/C60H85N17O18S4/c1-30(67-58(92)45-11-7-17-77(45)59(93)40(20-33-23-64-29-66-33)72-56(90)43(27-98)75-57(91)42(26-97)74-50(84)35(62)18-32-12-14-34(78)15-13-32)49(83)73-41(25-96)51(85)65-24-47(80)68-36(10-5-6-16-61)52(86)70-38(21-46(63)79)54(88)69-37(19-31-8-3-2-4-9-31)53(87)71-39(22-48(81)82)55(89)76-44(28-99)60(94)95/h2-4,8-9,12-15,23,29-30,35-45,78,96-99H,5-7,10-11,16-22,24-28,61-62H2,1H3,(H2,63,79)(H,64,66)(H,65,85)(H,67,92)(H,68,80)(H,69,88)(H,70,86)(H,71,87)(H,72,90)(H,73,83)(H,74,84)(H,75,91)(H,76,89)(H,81,82)(H,94,95)/t30-,35-,36-,37-,38-,39-,40-,41-,42-,43-,44-,45-/m0/s1. The van der Waals surface area contributed by atoms with Gasteiger partial charge in [-0.05, 0) is 75.3 Å². The van der Waals surface area contributed by atoms with E-state index in [0.29, 0.717) is 29.7 Å². The Labute approximate surface area is 590 Å². The molecule has 2 aromatic carbocycles. The highest BCUT2D eigenvalue weighted by atomic mass is 32.1. The smallest absolute Gasteiger partial charge is 0.327 e. The number of aromatic amines is 1. The van der Waals surface area contributed by atoms with Crippen LogP contribution in [0.3, 0.4) is 0 Å². The van der Waals surface area contributed by atoms with Gasteiger partial charge in [0.2, 0.25) is 76.8 Å². The number of unbranched alkanes of at least 4 members (excludes halogenated alkanes) is 1. The van der Waals surface area contributed by atoms with Crippen LogP contribution < -0.4 is 75.7 Å². The number of nitrogens with one attached hydrogen (secondary N) is 12. The van der Waals surface area contributed by atoms with E-state index in [0.717, 1.165) is 0 Å². The molecule has 12 atom stereocenters. The van der Waals surface area contributed by atoms with E-state index >= 15 is 0 Å². The third-order valence-electron chi connectivity index (χ3n) is 15.1. The number of aromatic hydroxyl groups is 1. The molecule has 0 spiro atoms. The molecular formula is C60H85N17O18S4. The number of likely N-dealkylation sites (tertiary alicyclic amines) is 1. The molecule has 2 heterocycles. The van der Waals surface area contributed by atoms with Gasteiger partial charge in [-0.2, -0.15) is 50.5 Å². The van der Waals surface area contributed by atoms with Gasteiger partial charge >= 0.3 is 11.9 Å². The highest BCUT2D eigenvalue weighted by molar-refractivity contribution is 7.80. The molecule has 39 heteroatoms. The van der Waals surface area contributed by atoms with Gasteiger partial charge in [0.25, 0.3) is 0 Å². The van der Waals surface area contributed by atoms with E-state index in [4.69, 9.17) is 17.2 Å². The monoisotopic (exact) mass is 1460 g/mol. The molecule has 0 radical (unpaired) electrons. The maximum absolute atomic E-state index is 14.4. The largest absolute Gasteiger partial charge is 0.508 e. The van der Waals surface area contributed by atoms with Crippen LogP contribution in [-0.4, -0.2) is 234 Å². The van der Waals surface area contributed by atoms with Crippen molar-refractivity contribution in [3.05, 3.63) is 83.9 Å². The number of hydrogen-bond donors (Lipinski definition) is 22. The van der Waals surface area contributed by atoms with Gasteiger partial charge in [0.05, 0.1) is 37.4 Å². The van der Waals surface area contributed by atoms with E-state index in [2.05, 4.69) is 119 Å². The van der Waals surface area contributed by atoms with Crippen LogP contribution in [0.1, 0.15) is 68.7 Å². The van der Waals surface area contributed by atoms with Crippen LogP contribution in [0.2, 0.25) is 0 Å². The normalized spacial score (nSPS) is 15.9. The Morgan fingerprint density at radius 1 is 0.576 bits per heavy atom. The lowest BCUT2D eigenvalue weighted by Gasteiger charge is -2.30. The molecule has 542 valence electrons. The van der Waals surface area contributed by atoms with E-state index in [-0.39, 0.29) is 74.6 Å². The van der Waals surface area contributed by atoms with Gasteiger partial charge in [0, 0.05) is 48.6 Å². The summed E-state index contributed by atoms with van der Waals surface area (Å²) < 4.78 is 0. The molecule has 13 amide bonds. The fourth-order valence-electron chi connectivity index (χ4n) is 9.80. The predicted octanol–water partition coefficient (Wildman–Crippen LogP) is -6.27. The second-order valence-electron chi connectivity index (χ2n) is 22.8. The lowest BCUT2D eigenvalue weighted by atomic mass is 10.0. The van der Waals surface area contributed by atoms with Crippen molar-refractivity contribution in [1.29, 1.82) is 0 Å². The number of phenols is 1. The number of amides is 13. The number of carbonyl (C=O) groups is 15. The van der Waals surface area contributed by atoms with E-state index in [9.17, 15) is 87.2 Å². The van der Waals surface area contributed by atoms with E-state index < -0.39 is 186 Å². The fraction of sp³-hybridized carbons (Fsp3) is 0.500. The fourth-order valence-corrected chi connectivity index (χ4v) is 10.8. The van der Waals surface area contributed by atoms with Crippen LogP contribution in [0.5, 0.6) is 5.75 Å². The Morgan fingerprint density at radius 3 is 1.64 bits per heavy atom. The van der Waals surface area contributed by atoms with Gasteiger partial charge in [-0.1, -0.05) is 42.5 Å². The Hall–Kier alpha value is -9.18. The Kier molecular flexibility index (Phi) is 34.8. The summed E-state index contributed by atoms with van der Waals surface area (Å²) in [5.74, 6) is -16.7. The molecule has 0 aliphatic carbocycles. The molecule has 1 saturated heterocycles. The number of aliphatic carboxylic acids is 2. The number of phenolic OH excluding ortho intramolecular Hbond substituents is 1. The lowest BCUT2D eigenvalue weighted by molar-refractivity contribution is -0.143. The molecule has 3 aromatic rings. The van der Waals surface area contributed by atoms with Crippen molar-refractivity contribution in [3.63, 3.8) is 0 Å². The van der Waals surface area contributed by atoms with Crippen LogP contribution in [-0.2, 0) is 91.2 Å². The Balaban J connectivity index is 1.39. The van der Waals surface area contributed by atoms with Crippen molar-refractivity contribution in [2.24, 2.45) is 17.2 Å². The molecule has 21 N–H and O–H groups in total. The van der Waals surface area contributed by atoms with Crippen LogP contribution in [0.15, 0.2) is 67.1 Å². The average Bonchev–Trinajstić information content (AvgIpc) is 1.80. The summed E-state index contributed by atoms with van der Waals surface area (Å²) in [6.45, 7) is 0.676. The minimum absolute atomic E-state index is 0.0156. The quantitative estimate of drug-likeness (QED) is 0.0185. The van der Waals surface area contributed by atoms with E-state index in [1.807, 2.05) is 0 Å². The molecule has 0 unspecified atom stereocenters. The zero-order valence-electron chi connectivity index (χ0n) is 53.7. The van der Waals surface area contributed by atoms with Gasteiger partial charge in [0.1, 0.15) is 72.2 Å². The highest BCUT2D eigenvalue weighted by Crippen LogP contribution is 2.21. The number of imidazole rings is 1. The minimum atomic E-state index is -1.88. The average molecular weight is 1460 g/mol. The van der Waals surface area contributed by atoms with Crippen molar-refractivity contribution in [2.75, 3.05) is 42.6 Å². The van der Waals surface area contributed by atoms with Gasteiger partial charge in [-0.3, -0.25) is 67.1 Å². The van der Waals surface area contributed by atoms with E-state index in [1.165, 1.54) is 36.5 Å². The van der Waals surface area contributed by atoms with Crippen LogP contribution in [0.4, 0.5) is 0 Å². The second kappa shape index (κ2) is 41.9. The zero-order chi connectivity index (χ0) is 73.5. The summed E-state index contributed by atoms with van der Waals surface area (Å²) in [5.41, 5.74) is 18.7. The second-order valence-corrected chi connectivity index (χ2v) is 24.3. The van der Waals surface area contributed by atoms with Crippen molar-refractivity contribution in [1.82, 2.24) is 73.4 Å². The number of H-pyrrole nitrogens is 1. The van der Waals surface area contributed by atoms with Crippen molar-refractivity contribution in [3.8, 4) is 5.75 Å². The summed E-state index contributed by atoms with van der Waals surface area (Å²) in [6, 6.07) is -3.55. The van der Waals surface area contributed by atoms with Gasteiger partial charge < -0.3 is 101 Å². The summed E-state index contributed by atoms with van der Waals surface area (Å²) in [5, 5.41) is 55.0. The van der Waals surface area contributed by atoms with Crippen LogP contribution in [0, 0.1) is 0 Å². The van der Waals surface area contributed by atoms with E-state index in [1.54, 1.807) is 42.5 Å². The number of rotatable bonds is 42. The first-order chi connectivity index (χ1) is 47.0. The maximum Gasteiger partial charge on any atom is 0.327 e. The van der Waals surface area contributed by atoms with Crippen LogP contribution >= 0.6 is 50.5 Å². The molecule has 0 saturated carbocycles. The first-order valence-corrected chi connectivity index (χ1v) is 33.6. The van der Waals surface area contributed by atoms with Crippen molar-refractivity contribution >= 4 is 139 Å². The molecule has 4 rings (SSSR count). The SMILES string of the molecule is C[C@H](NC(=O)[C@@H]1CCCN1C(=O)[C@H](Cc1c[nH]cn1)NC(=O)[C@H](CS)NC(=O)[C@H](CS)NC(=O)[C@@H](N)Cc1ccc(O)cc1)C(=O)N[C@@H](CS)C(=O)NCC(=O)N[C@@H](CCCCN)C(=O)N[C@@H](CC(N)=O)C(=O)N[C@@H](Cc1ccccc1)C(=O)N[C@@H](CC(=O)O)C(=O)N[C@@H](CS)C(=O)O. The third-order valence-corrected chi connectivity index (χ3v) is 16.6. The van der Waals surface area contributed by atoms with Crippen LogP contribution in [0.25, 0.3) is 0 Å². The maximum atomic E-state index is 14.4. The predicted molar refractivity (Wildman–Crippen MR) is 367 cm³/mol. The zero-order valence-corrected chi connectivity index (χ0v) is 57.3. The Morgan fingerprint density at radius 2 is 1.08 bits per heavy atom. The van der Waals surface area contributed by atoms with Crippen molar-refractivity contribution < 1.29 is 87.2 Å². The molecule has 0 bridgehead atoms. The lowest BCUT2D eigenvalue weighted by Crippen LogP contribution is -2.60. The number of carbonyl (C=O) groups excluding carboxylic acids is 13.